The Bertz CT molecular complexity index is 905. The normalized spacial score (nSPS) is 10.4. The summed E-state index contributed by atoms with van der Waals surface area (Å²) in [5.41, 5.74) is 0.870. The largest absolute Gasteiger partial charge is 0.491 e. The fraction of sp³-hybridized carbons (Fsp3) is 0.125. The van der Waals surface area contributed by atoms with Gasteiger partial charge >= 0.3 is 0 Å². The van der Waals surface area contributed by atoms with E-state index < -0.39 is 5.91 Å². The molecule has 1 aromatic carbocycles. The second-order valence-electron chi connectivity index (χ2n) is 4.90. The summed E-state index contributed by atoms with van der Waals surface area (Å²) in [5, 5.41) is 11.8. The fourth-order valence-corrected chi connectivity index (χ4v) is 2.83. The van der Waals surface area contributed by atoms with Crippen molar-refractivity contribution >= 4 is 22.4 Å². The van der Waals surface area contributed by atoms with Gasteiger partial charge in [-0.25, -0.2) is 0 Å². The van der Waals surface area contributed by atoms with Crippen molar-refractivity contribution in [2.45, 2.75) is 6.42 Å². The molecule has 0 fully saturated rings. The van der Waals surface area contributed by atoms with Crippen molar-refractivity contribution < 1.29 is 9.53 Å². The first kappa shape index (κ1) is 15.9. The third-order valence-electron chi connectivity index (χ3n) is 3.23. The highest BCUT2D eigenvalue weighted by atomic mass is 32.1. The van der Waals surface area contributed by atoms with Gasteiger partial charge in [-0.1, -0.05) is 41.7 Å². The SMILES string of the molecule is COc1c[nH]c(C(=O)Nc2nnc(Cc3ccccc3)s2)cc1=O. The number of aromatic amines is 1. The molecule has 2 heterocycles. The van der Waals surface area contributed by atoms with Crippen LogP contribution in [0.2, 0.25) is 0 Å². The topological polar surface area (TPSA) is 97.0 Å². The molecule has 0 aliphatic rings. The second kappa shape index (κ2) is 7.05. The number of aromatic nitrogens is 3. The maximum absolute atomic E-state index is 12.2. The minimum Gasteiger partial charge on any atom is -0.491 e. The number of hydrogen-bond donors (Lipinski definition) is 2. The summed E-state index contributed by atoms with van der Waals surface area (Å²) in [6.45, 7) is 0. The molecular weight excluding hydrogens is 328 g/mol. The summed E-state index contributed by atoms with van der Waals surface area (Å²) in [6, 6.07) is 11.0. The molecule has 0 atom stereocenters. The van der Waals surface area contributed by atoms with E-state index in [0.717, 1.165) is 10.6 Å². The molecule has 2 N–H and O–H groups in total. The van der Waals surface area contributed by atoms with E-state index in [4.69, 9.17) is 4.74 Å². The highest BCUT2D eigenvalue weighted by molar-refractivity contribution is 7.15. The summed E-state index contributed by atoms with van der Waals surface area (Å²) in [5.74, 6) is -0.315. The second-order valence-corrected chi connectivity index (χ2v) is 5.96. The Kier molecular flexibility index (Phi) is 4.66. The van der Waals surface area contributed by atoms with E-state index in [2.05, 4.69) is 20.5 Å². The number of methoxy groups -OCH3 is 1. The van der Waals surface area contributed by atoms with Crippen LogP contribution >= 0.6 is 11.3 Å². The van der Waals surface area contributed by atoms with E-state index in [1.807, 2.05) is 30.3 Å². The first-order chi connectivity index (χ1) is 11.7. The number of pyridine rings is 1. The molecule has 0 spiro atoms. The number of H-pyrrole nitrogens is 1. The van der Waals surface area contributed by atoms with E-state index in [1.165, 1.54) is 30.7 Å². The Balaban J connectivity index is 1.69. The third-order valence-corrected chi connectivity index (χ3v) is 4.07. The Labute approximate surface area is 141 Å². The predicted octanol–water partition coefficient (Wildman–Crippen LogP) is 2.08. The van der Waals surface area contributed by atoms with Crippen LogP contribution in [0.4, 0.5) is 5.13 Å². The highest BCUT2D eigenvalue weighted by Gasteiger charge is 2.12. The van der Waals surface area contributed by atoms with Crippen molar-refractivity contribution in [2.24, 2.45) is 0 Å². The number of ether oxygens (including phenoxy) is 1. The molecule has 0 unspecified atom stereocenters. The van der Waals surface area contributed by atoms with Crippen LogP contribution in [0.25, 0.3) is 0 Å². The number of carbonyl (C=O) groups excluding carboxylic acids is 1. The van der Waals surface area contributed by atoms with E-state index in [9.17, 15) is 9.59 Å². The minimum atomic E-state index is -0.461. The molecule has 8 heteroatoms. The Hall–Kier alpha value is -3.00. The zero-order valence-corrected chi connectivity index (χ0v) is 13.6. The molecule has 1 amide bonds. The van der Waals surface area contributed by atoms with Crippen LogP contribution in [0, 0.1) is 0 Å². The lowest BCUT2D eigenvalue weighted by atomic mass is 10.2. The highest BCUT2D eigenvalue weighted by Crippen LogP contribution is 2.19. The summed E-state index contributed by atoms with van der Waals surface area (Å²) in [4.78, 5) is 26.6. The van der Waals surface area contributed by atoms with E-state index in [1.54, 1.807) is 0 Å². The third kappa shape index (κ3) is 3.66. The number of nitrogens with one attached hydrogen (secondary N) is 2. The van der Waals surface area contributed by atoms with Gasteiger partial charge in [-0.2, -0.15) is 0 Å². The molecule has 0 saturated carbocycles. The molecule has 122 valence electrons. The lowest BCUT2D eigenvalue weighted by Gasteiger charge is -2.02. The van der Waals surface area contributed by atoms with Gasteiger partial charge in [0.2, 0.25) is 10.6 Å². The Morgan fingerprint density at radius 2 is 2.08 bits per heavy atom. The monoisotopic (exact) mass is 342 g/mol. The summed E-state index contributed by atoms with van der Waals surface area (Å²) in [6.07, 6.45) is 1.99. The van der Waals surface area contributed by atoms with Gasteiger partial charge in [-0.05, 0) is 5.56 Å². The van der Waals surface area contributed by atoms with Crippen LogP contribution in [0.5, 0.6) is 5.75 Å². The molecule has 0 saturated heterocycles. The minimum absolute atomic E-state index is 0.126. The number of amides is 1. The van der Waals surface area contributed by atoms with E-state index >= 15 is 0 Å². The van der Waals surface area contributed by atoms with Crippen LogP contribution in [0.1, 0.15) is 21.1 Å². The fourth-order valence-electron chi connectivity index (χ4n) is 2.06. The summed E-state index contributed by atoms with van der Waals surface area (Å²) in [7, 11) is 1.39. The van der Waals surface area contributed by atoms with Gasteiger partial charge in [0.1, 0.15) is 10.7 Å². The number of nitrogens with zero attached hydrogens (tertiary/aromatic N) is 2. The lowest BCUT2D eigenvalue weighted by Crippen LogP contribution is -2.17. The standard InChI is InChI=1S/C16H14N4O3S/c1-23-13-9-17-11(8-12(13)21)15(22)18-16-20-19-14(24-16)7-10-5-3-2-4-6-10/h2-6,8-9H,7H2,1H3,(H,17,21)(H,18,20,22). The van der Waals surface area contributed by atoms with Gasteiger partial charge in [-0.3, -0.25) is 14.9 Å². The van der Waals surface area contributed by atoms with Gasteiger partial charge in [0.15, 0.2) is 5.75 Å². The predicted molar refractivity (Wildman–Crippen MR) is 90.7 cm³/mol. The number of carbonyl (C=O) groups is 1. The number of benzene rings is 1. The maximum Gasteiger partial charge on any atom is 0.274 e. The first-order valence-corrected chi connectivity index (χ1v) is 7.92. The molecule has 0 radical (unpaired) electrons. The van der Waals surface area contributed by atoms with Crippen molar-refractivity contribution in [1.82, 2.24) is 15.2 Å². The van der Waals surface area contributed by atoms with Crippen LogP contribution in [0.15, 0.2) is 47.4 Å². The number of rotatable bonds is 5. The Morgan fingerprint density at radius 1 is 1.29 bits per heavy atom. The molecule has 3 rings (SSSR count). The zero-order valence-electron chi connectivity index (χ0n) is 12.8. The van der Waals surface area contributed by atoms with Crippen LogP contribution in [-0.4, -0.2) is 28.2 Å². The maximum atomic E-state index is 12.2. The summed E-state index contributed by atoms with van der Waals surface area (Å²) < 4.78 is 4.86. The zero-order chi connectivity index (χ0) is 16.9. The number of anilines is 1. The molecule has 24 heavy (non-hydrogen) atoms. The van der Waals surface area contributed by atoms with Crippen LogP contribution in [0.3, 0.4) is 0 Å². The molecule has 7 nitrogen and oxygen atoms in total. The van der Waals surface area contributed by atoms with Crippen LogP contribution in [-0.2, 0) is 6.42 Å². The van der Waals surface area contributed by atoms with Gasteiger partial charge < -0.3 is 9.72 Å². The van der Waals surface area contributed by atoms with Crippen molar-refractivity contribution in [1.29, 1.82) is 0 Å². The first-order valence-electron chi connectivity index (χ1n) is 7.10. The lowest BCUT2D eigenvalue weighted by molar-refractivity contribution is 0.102. The number of hydrogen-bond acceptors (Lipinski definition) is 6. The average molecular weight is 342 g/mol. The molecule has 0 aliphatic carbocycles. The van der Waals surface area contributed by atoms with Gasteiger partial charge in [0, 0.05) is 18.7 Å². The molecule has 0 aliphatic heterocycles. The van der Waals surface area contributed by atoms with Gasteiger partial charge in [0.25, 0.3) is 5.91 Å². The molecule has 0 bridgehead atoms. The summed E-state index contributed by atoms with van der Waals surface area (Å²) >= 11 is 1.29. The van der Waals surface area contributed by atoms with E-state index in [-0.39, 0.29) is 16.9 Å². The Morgan fingerprint density at radius 3 is 2.79 bits per heavy atom. The molecular formula is C16H14N4O3S. The molecule has 3 aromatic rings. The smallest absolute Gasteiger partial charge is 0.274 e. The van der Waals surface area contributed by atoms with Crippen LogP contribution < -0.4 is 15.5 Å². The van der Waals surface area contributed by atoms with Gasteiger partial charge in [0.05, 0.1) is 7.11 Å². The molecule has 2 aromatic heterocycles. The average Bonchev–Trinajstić information content (AvgIpc) is 3.02. The van der Waals surface area contributed by atoms with E-state index in [0.29, 0.717) is 11.6 Å². The van der Waals surface area contributed by atoms with Crippen molar-refractivity contribution in [3.8, 4) is 5.75 Å². The van der Waals surface area contributed by atoms with Crippen molar-refractivity contribution in [3.05, 3.63) is 69.1 Å². The van der Waals surface area contributed by atoms with Crippen molar-refractivity contribution in [3.63, 3.8) is 0 Å². The van der Waals surface area contributed by atoms with Gasteiger partial charge in [-0.15, -0.1) is 10.2 Å². The quantitative estimate of drug-likeness (QED) is 0.740. The van der Waals surface area contributed by atoms with Crippen molar-refractivity contribution in [2.75, 3.05) is 12.4 Å².